The Labute approximate surface area is 126 Å². The van der Waals surface area contributed by atoms with Crippen LogP contribution in [0.4, 0.5) is 5.82 Å². The van der Waals surface area contributed by atoms with Crippen LogP contribution >= 0.6 is 0 Å². The van der Waals surface area contributed by atoms with E-state index < -0.39 is 10.0 Å². The van der Waals surface area contributed by atoms with Gasteiger partial charge in [-0.2, -0.15) is 4.31 Å². The quantitative estimate of drug-likeness (QED) is 0.748. The van der Waals surface area contributed by atoms with Gasteiger partial charge in [-0.25, -0.2) is 13.4 Å². The van der Waals surface area contributed by atoms with Crippen LogP contribution in [0.25, 0.3) is 0 Å². The molecule has 0 aromatic carbocycles. The molecule has 0 aliphatic carbocycles. The maximum atomic E-state index is 11.5. The van der Waals surface area contributed by atoms with Crippen LogP contribution in [0.2, 0.25) is 0 Å². The summed E-state index contributed by atoms with van der Waals surface area (Å²) in [7, 11) is -3.09. The Hall–Kier alpha value is -1.25. The summed E-state index contributed by atoms with van der Waals surface area (Å²) in [5, 5.41) is 3.28. The van der Waals surface area contributed by atoms with Gasteiger partial charge in [0.15, 0.2) is 0 Å². The fraction of sp³-hybridized carbons (Fsp3) is 0.692. The summed E-state index contributed by atoms with van der Waals surface area (Å²) in [6, 6.07) is 0. The molecule has 1 aromatic rings. The molecule has 0 bridgehead atoms. The van der Waals surface area contributed by atoms with Gasteiger partial charge in [-0.15, -0.1) is 0 Å². The van der Waals surface area contributed by atoms with Crippen LogP contribution in [0.15, 0.2) is 12.4 Å². The molecule has 2 heterocycles. The van der Waals surface area contributed by atoms with E-state index in [1.807, 2.05) is 0 Å². The SMILES string of the molecule is CCCNCc1cnc(N2CCN(S(C)(=O)=O)CC2)cn1. The molecule has 7 nitrogen and oxygen atoms in total. The topological polar surface area (TPSA) is 78.4 Å². The number of hydrogen-bond acceptors (Lipinski definition) is 6. The Morgan fingerprint density at radius 2 is 1.90 bits per heavy atom. The average Bonchev–Trinajstić information content (AvgIpc) is 2.48. The van der Waals surface area contributed by atoms with Crippen LogP contribution in [0.1, 0.15) is 19.0 Å². The van der Waals surface area contributed by atoms with Gasteiger partial charge in [0.1, 0.15) is 5.82 Å². The van der Waals surface area contributed by atoms with Crippen molar-refractivity contribution < 1.29 is 8.42 Å². The summed E-state index contributed by atoms with van der Waals surface area (Å²) in [6.07, 6.45) is 5.89. The number of aromatic nitrogens is 2. The number of nitrogens with one attached hydrogen (secondary N) is 1. The molecule has 1 aromatic heterocycles. The Bertz CT molecular complexity index is 538. The molecule has 2 rings (SSSR count). The van der Waals surface area contributed by atoms with Crippen LogP contribution in [0, 0.1) is 0 Å². The lowest BCUT2D eigenvalue weighted by Crippen LogP contribution is -2.48. The number of rotatable bonds is 6. The maximum absolute atomic E-state index is 11.5. The van der Waals surface area contributed by atoms with Crippen molar-refractivity contribution in [1.82, 2.24) is 19.6 Å². The molecular weight excluding hydrogens is 290 g/mol. The van der Waals surface area contributed by atoms with Gasteiger partial charge >= 0.3 is 0 Å². The highest BCUT2D eigenvalue weighted by Gasteiger charge is 2.23. The smallest absolute Gasteiger partial charge is 0.211 e. The summed E-state index contributed by atoms with van der Waals surface area (Å²) >= 11 is 0. The normalized spacial score (nSPS) is 17.1. The van der Waals surface area contributed by atoms with Gasteiger partial charge in [0.2, 0.25) is 10.0 Å². The Morgan fingerprint density at radius 1 is 1.19 bits per heavy atom. The number of piperazine rings is 1. The predicted molar refractivity (Wildman–Crippen MR) is 82.7 cm³/mol. The third kappa shape index (κ3) is 4.62. The number of nitrogens with zero attached hydrogens (tertiary/aromatic N) is 4. The molecule has 0 atom stereocenters. The summed E-state index contributed by atoms with van der Waals surface area (Å²) in [5.41, 5.74) is 0.918. The van der Waals surface area contributed by atoms with Gasteiger partial charge in [-0.3, -0.25) is 4.98 Å². The molecule has 0 amide bonds. The van der Waals surface area contributed by atoms with Crippen molar-refractivity contribution >= 4 is 15.8 Å². The zero-order valence-corrected chi connectivity index (χ0v) is 13.4. The monoisotopic (exact) mass is 313 g/mol. The van der Waals surface area contributed by atoms with E-state index in [4.69, 9.17) is 0 Å². The van der Waals surface area contributed by atoms with E-state index in [-0.39, 0.29) is 0 Å². The maximum Gasteiger partial charge on any atom is 0.211 e. The summed E-state index contributed by atoms with van der Waals surface area (Å²) < 4.78 is 24.4. The van der Waals surface area contributed by atoms with Crippen LogP contribution in [0.3, 0.4) is 0 Å². The first kappa shape index (κ1) is 16.1. The standard InChI is InChI=1S/C13H23N5O2S/c1-3-4-14-9-12-10-16-13(11-15-12)17-5-7-18(8-6-17)21(2,19)20/h10-11,14H,3-9H2,1-2H3. The molecular formula is C13H23N5O2S. The number of anilines is 1. The highest BCUT2D eigenvalue weighted by atomic mass is 32.2. The molecule has 8 heteroatoms. The van der Waals surface area contributed by atoms with E-state index in [0.29, 0.717) is 26.2 Å². The second-order valence-corrected chi connectivity index (χ2v) is 7.17. The minimum atomic E-state index is -3.09. The van der Waals surface area contributed by atoms with E-state index in [1.54, 1.807) is 12.4 Å². The zero-order chi connectivity index (χ0) is 15.3. The van der Waals surface area contributed by atoms with Crippen molar-refractivity contribution in [2.75, 3.05) is 43.9 Å². The molecule has 1 N–H and O–H groups in total. The van der Waals surface area contributed by atoms with E-state index in [9.17, 15) is 8.42 Å². The summed E-state index contributed by atoms with van der Waals surface area (Å²) in [6.45, 7) is 6.11. The minimum absolute atomic E-state index is 0.500. The van der Waals surface area contributed by atoms with Crippen molar-refractivity contribution in [2.45, 2.75) is 19.9 Å². The molecule has 0 saturated carbocycles. The lowest BCUT2D eigenvalue weighted by atomic mass is 10.3. The van der Waals surface area contributed by atoms with Gasteiger partial charge in [0.25, 0.3) is 0 Å². The first-order valence-electron chi connectivity index (χ1n) is 7.22. The van der Waals surface area contributed by atoms with Crippen LogP contribution < -0.4 is 10.2 Å². The molecule has 1 fully saturated rings. The number of hydrogen-bond donors (Lipinski definition) is 1. The molecule has 118 valence electrons. The second-order valence-electron chi connectivity index (χ2n) is 5.19. The summed E-state index contributed by atoms with van der Waals surface area (Å²) in [4.78, 5) is 10.9. The van der Waals surface area contributed by atoms with Crippen LogP contribution in [-0.4, -0.2) is 61.7 Å². The van der Waals surface area contributed by atoms with Gasteiger partial charge in [-0.1, -0.05) is 6.92 Å². The largest absolute Gasteiger partial charge is 0.353 e. The average molecular weight is 313 g/mol. The van der Waals surface area contributed by atoms with Gasteiger partial charge in [-0.05, 0) is 13.0 Å². The van der Waals surface area contributed by atoms with E-state index in [2.05, 4.69) is 27.1 Å². The molecule has 21 heavy (non-hydrogen) atoms. The fourth-order valence-electron chi connectivity index (χ4n) is 2.24. The van der Waals surface area contributed by atoms with Gasteiger partial charge < -0.3 is 10.2 Å². The second kappa shape index (κ2) is 7.15. The van der Waals surface area contributed by atoms with Crippen molar-refractivity contribution in [2.24, 2.45) is 0 Å². The summed E-state index contributed by atoms with van der Waals surface area (Å²) in [5.74, 6) is 0.808. The van der Waals surface area contributed by atoms with Crippen molar-refractivity contribution in [1.29, 1.82) is 0 Å². The zero-order valence-electron chi connectivity index (χ0n) is 12.6. The first-order valence-corrected chi connectivity index (χ1v) is 9.07. The first-order chi connectivity index (χ1) is 10.0. The highest BCUT2D eigenvalue weighted by Crippen LogP contribution is 2.13. The van der Waals surface area contributed by atoms with Gasteiger partial charge in [0, 0.05) is 32.7 Å². The third-order valence-corrected chi connectivity index (χ3v) is 4.76. The molecule has 0 unspecified atom stereocenters. The van der Waals surface area contributed by atoms with E-state index in [1.165, 1.54) is 10.6 Å². The van der Waals surface area contributed by atoms with Crippen molar-refractivity contribution in [3.63, 3.8) is 0 Å². The fourth-order valence-corrected chi connectivity index (χ4v) is 3.07. The molecule has 1 aliphatic rings. The van der Waals surface area contributed by atoms with E-state index >= 15 is 0 Å². The third-order valence-electron chi connectivity index (χ3n) is 3.46. The predicted octanol–water partition coefficient (Wildman–Crippen LogP) is 0.0578. The van der Waals surface area contributed by atoms with E-state index in [0.717, 1.165) is 31.0 Å². The van der Waals surface area contributed by atoms with Crippen molar-refractivity contribution in [3.8, 4) is 0 Å². The van der Waals surface area contributed by atoms with Crippen molar-refractivity contribution in [3.05, 3.63) is 18.1 Å². The van der Waals surface area contributed by atoms with Gasteiger partial charge in [0.05, 0.1) is 24.3 Å². The molecule has 0 radical (unpaired) electrons. The minimum Gasteiger partial charge on any atom is -0.353 e. The molecule has 1 aliphatic heterocycles. The van der Waals surface area contributed by atoms with Crippen LogP contribution in [0.5, 0.6) is 0 Å². The molecule has 1 saturated heterocycles. The highest BCUT2D eigenvalue weighted by molar-refractivity contribution is 7.88. The lowest BCUT2D eigenvalue weighted by Gasteiger charge is -2.33. The Balaban J connectivity index is 1.89. The Morgan fingerprint density at radius 3 is 2.43 bits per heavy atom. The molecule has 0 spiro atoms. The Kier molecular flexibility index (Phi) is 5.49. The van der Waals surface area contributed by atoms with Crippen LogP contribution in [-0.2, 0) is 16.6 Å². The lowest BCUT2D eigenvalue weighted by molar-refractivity contribution is 0.387. The number of sulfonamides is 1.